The van der Waals surface area contributed by atoms with Crippen LogP contribution in [0.5, 0.6) is 0 Å². The zero-order valence-electron chi connectivity index (χ0n) is 13.7. The predicted octanol–water partition coefficient (Wildman–Crippen LogP) is 5.04. The molecule has 108 valence electrons. The van der Waals surface area contributed by atoms with Crippen LogP contribution < -0.4 is 5.32 Å². The lowest BCUT2D eigenvalue weighted by Crippen LogP contribution is -2.48. The van der Waals surface area contributed by atoms with Gasteiger partial charge in [0, 0.05) is 11.1 Å². The van der Waals surface area contributed by atoms with Crippen LogP contribution in [0.4, 0.5) is 0 Å². The molecule has 0 fully saturated rings. The summed E-state index contributed by atoms with van der Waals surface area (Å²) in [6.07, 6.45) is 5.66. The van der Waals surface area contributed by atoms with Crippen molar-refractivity contribution in [1.82, 2.24) is 5.32 Å². The minimum absolute atomic E-state index is 0.0494. The summed E-state index contributed by atoms with van der Waals surface area (Å²) in [7, 11) is 0. The van der Waals surface area contributed by atoms with Crippen LogP contribution in [0.15, 0.2) is 42.0 Å². The molecule has 1 aromatic rings. The summed E-state index contributed by atoms with van der Waals surface area (Å²) >= 11 is 0. The number of rotatable bonds is 3. The van der Waals surface area contributed by atoms with E-state index in [9.17, 15) is 0 Å². The van der Waals surface area contributed by atoms with Crippen LogP contribution in [0.25, 0.3) is 5.57 Å². The molecule has 20 heavy (non-hydrogen) atoms. The number of benzene rings is 1. The maximum Gasteiger partial charge on any atom is 0.0387 e. The maximum absolute atomic E-state index is 3.74. The van der Waals surface area contributed by atoms with Gasteiger partial charge in [0.15, 0.2) is 0 Å². The van der Waals surface area contributed by atoms with Gasteiger partial charge in [-0.15, -0.1) is 0 Å². The topological polar surface area (TPSA) is 12.0 Å². The molecule has 0 spiro atoms. The second-order valence-corrected chi connectivity index (χ2v) is 7.37. The first kappa shape index (κ1) is 15.1. The summed E-state index contributed by atoms with van der Waals surface area (Å²) in [4.78, 5) is 0. The maximum atomic E-state index is 3.74. The minimum Gasteiger partial charge on any atom is -0.303 e. The second-order valence-electron chi connectivity index (χ2n) is 7.37. The third-order valence-corrected chi connectivity index (χ3v) is 3.68. The fourth-order valence-electron chi connectivity index (χ4n) is 3.16. The van der Waals surface area contributed by atoms with Crippen molar-refractivity contribution in [2.75, 3.05) is 0 Å². The zero-order valence-corrected chi connectivity index (χ0v) is 13.7. The quantitative estimate of drug-likeness (QED) is 0.810. The highest BCUT2D eigenvalue weighted by Gasteiger charge is 2.28. The van der Waals surface area contributed by atoms with Gasteiger partial charge in [0.1, 0.15) is 0 Å². The summed E-state index contributed by atoms with van der Waals surface area (Å²) in [6, 6.07) is 8.78. The van der Waals surface area contributed by atoms with Crippen molar-refractivity contribution in [2.24, 2.45) is 0 Å². The van der Waals surface area contributed by atoms with Crippen LogP contribution >= 0.6 is 0 Å². The lowest BCUT2D eigenvalue weighted by Gasteiger charge is -2.36. The molecule has 0 unspecified atom stereocenters. The molecule has 2 rings (SSSR count). The first-order valence-corrected chi connectivity index (χ1v) is 7.46. The van der Waals surface area contributed by atoms with Crippen LogP contribution in [0.2, 0.25) is 0 Å². The van der Waals surface area contributed by atoms with Crippen LogP contribution in [0, 0.1) is 0 Å². The Hall–Kier alpha value is -1.34. The predicted molar refractivity (Wildman–Crippen MR) is 88.7 cm³/mol. The molecule has 1 aliphatic carbocycles. The Morgan fingerprint density at radius 3 is 2.20 bits per heavy atom. The Morgan fingerprint density at radius 1 is 1.00 bits per heavy atom. The average Bonchev–Trinajstić information content (AvgIpc) is 2.73. The summed E-state index contributed by atoms with van der Waals surface area (Å²) < 4.78 is 0. The SMILES string of the molecule is CC1=CCC(c2ccccc2C(C)(C)NC(C)(C)C)=C1. The number of nitrogens with one attached hydrogen (secondary N) is 1. The van der Waals surface area contributed by atoms with Gasteiger partial charge in [0.05, 0.1) is 0 Å². The molecule has 0 atom stereocenters. The average molecular weight is 269 g/mol. The van der Waals surface area contributed by atoms with E-state index in [-0.39, 0.29) is 11.1 Å². The van der Waals surface area contributed by atoms with Gasteiger partial charge in [-0.05, 0) is 64.7 Å². The van der Waals surface area contributed by atoms with Crippen molar-refractivity contribution in [2.45, 2.75) is 59.0 Å². The second kappa shape index (κ2) is 5.21. The van der Waals surface area contributed by atoms with Gasteiger partial charge < -0.3 is 5.32 Å². The molecule has 1 aromatic carbocycles. The third-order valence-electron chi connectivity index (χ3n) is 3.68. The summed E-state index contributed by atoms with van der Waals surface area (Å²) in [5, 5.41) is 3.74. The van der Waals surface area contributed by atoms with E-state index < -0.39 is 0 Å². The largest absolute Gasteiger partial charge is 0.303 e. The number of allylic oxidation sites excluding steroid dienone is 4. The van der Waals surface area contributed by atoms with E-state index in [1.807, 2.05) is 0 Å². The molecular weight excluding hydrogens is 242 g/mol. The molecule has 0 saturated heterocycles. The Labute approximate surface area is 123 Å². The van der Waals surface area contributed by atoms with Gasteiger partial charge in [-0.2, -0.15) is 0 Å². The van der Waals surface area contributed by atoms with Gasteiger partial charge in [0.2, 0.25) is 0 Å². The van der Waals surface area contributed by atoms with Crippen LogP contribution in [-0.2, 0) is 5.54 Å². The fraction of sp³-hybridized carbons (Fsp3) is 0.474. The highest BCUT2D eigenvalue weighted by molar-refractivity contribution is 5.75. The van der Waals surface area contributed by atoms with E-state index in [1.54, 1.807) is 0 Å². The Balaban J connectivity index is 2.40. The monoisotopic (exact) mass is 269 g/mol. The van der Waals surface area contributed by atoms with Crippen molar-refractivity contribution in [1.29, 1.82) is 0 Å². The van der Waals surface area contributed by atoms with Crippen molar-refractivity contribution >= 4 is 5.57 Å². The van der Waals surface area contributed by atoms with E-state index in [1.165, 1.54) is 22.3 Å². The molecule has 0 radical (unpaired) electrons. The lowest BCUT2D eigenvalue weighted by molar-refractivity contribution is 0.286. The molecule has 0 aliphatic heterocycles. The standard InChI is InChI=1S/C19H27N/c1-14-11-12-15(13-14)16-9-7-8-10-17(16)19(5,6)20-18(2,3)4/h7-11,13,20H,12H2,1-6H3. The molecule has 0 bridgehead atoms. The van der Waals surface area contributed by atoms with Crippen LogP contribution in [0.3, 0.4) is 0 Å². The summed E-state index contributed by atoms with van der Waals surface area (Å²) in [6.45, 7) is 13.4. The molecule has 1 heteroatoms. The van der Waals surface area contributed by atoms with Crippen molar-refractivity contribution < 1.29 is 0 Å². The Morgan fingerprint density at radius 2 is 1.65 bits per heavy atom. The van der Waals surface area contributed by atoms with E-state index >= 15 is 0 Å². The number of hydrogen-bond acceptors (Lipinski definition) is 1. The summed E-state index contributed by atoms with van der Waals surface area (Å²) in [5.41, 5.74) is 5.60. The molecular formula is C19H27N. The molecule has 0 heterocycles. The highest BCUT2D eigenvalue weighted by atomic mass is 15.0. The molecule has 1 aliphatic rings. The van der Waals surface area contributed by atoms with Gasteiger partial charge >= 0.3 is 0 Å². The zero-order chi connectivity index (χ0) is 15.0. The van der Waals surface area contributed by atoms with Crippen LogP contribution in [-0.4, -0.2) is 5.54 Å². The Kier molecular flexibility index (Phi) is 3.93. The van der Waals surface area contributed by atoms with Crippen molar-refractivity contribution in [3.8, 4) is 0 Å². The third kappa shape index (κ3) is 3.40. The molecule has 1 nitrogen and oxygen atoms in total. The van der Waals surface area contributed by atoms with E-state index in [2.05, 4.69) is 83.3 Å². The Bertz CT molecular complexity index is 553. The first-order chi connectivity index (χ1) is 9.19. The highest BCUT2D eigenvalue weighted by Crippen LogP contribution is 2.34. The first-order valence-electron chi connectivity index (χ1n) is 7.46. The van der Waals surface area contributed by atoms with Gasteiger partial charge in [0.25, 0.3) is 0 Å². The normalized spacial score (nSPS) is 16.1. The lowest BCUT2D eigenvalue weighted by atomic mass is 9.85. The van der Waals surface area contributed by atoms with Crippen LogP contribution in [0.1, 0.15) is 59.1 Å². The fourth-order valence-corrected chi connectivity index (χ4v) is 3.16. The van der Waals surface area contributed by atoms with Gasteiger partial charge in [-0.1, -0.05) is 42.0 Å². The van der Waals surface area contributed by atoms with E-state index in [4.69, 9.17) is 0 Å². The molecule has 0 amide bonds. The van der Waals surface area contributed by atoms with Gasteiger partial charge in [-0.3, -0.25) is 0 Å². The molecule has 1 N–H and O–H groups in total. The number of hydrogen-bond donors (Lipinski definition) is 1. The van der Waals surface area contributed by atoms with Gasteiger partial charge in [-0.25, -0.2) is 0 Å². The summed E-state index contributed by atoms with van der Waals surface area (Å²) in [5.74, 6) is 0. The van der Waals surface area contributed by atoms with E-state index in [0.717, 1.165) is 6.42 Å². The van der Waals surface area contributed by atoms with Crippen molar-refractivity contribution in [3.63, 3.8) is 0 Å². The van der Waals surface area contributed by atoms with E-state index in [0.29, 0.717) is 0 Å². The smallest absolute Gasteiger partial charge is 0.0387 e. The molecule has 0 saturated carbocycles. The molecule has 0 aromatic heterocycles. The minimum atomic E-state index is -0.0494. The van der Waals surface area contributed by atoms with Crippen molar-refractivity contribution in [3.05, 3.63) is 53.1 Å².